The van der Waals surface area contributed by atoms with Crippen LogP contribution in [0.2, 0.25) is 0 Å². The quantitative estimate of drug-likeness (QED) is 0.217. The summed E-state index contributed by atoms with van der Waals surface area (Å²) in [5, 5.41) is 0. The Morgan fingerprint density at radius 1 is 1.50 bits per heavy atom. The Labute approximate surface area is 102 Å². The fourth-order valence-electron chi connectivity index (χ4n) is 0. The molecule has 0 aromatic heterocycles. The van der Waals surface area contributed by atoms with E-state index in [2.05, 4.69) is 29.6 Å². The van der Waals surface area contributed by atoms with Crippen LogP contribution in [0.4, 0.5) is 0 Å². The first kappa shape index (κ1) is 22.6. The van der Waals surface area contributed by atoms with Crippen LogP contribution < -0.4 is 51.4 Å². The number of methoxy groups -OCH3 is 1. The van der Waals surface area contributed by atoms with Crippen LogP contribution in [0.1, 0.15) is 0 Å². The van der Waals surface area contributed by atoms with E-state index >= 15 is 0 Å². The zero-order valence-corrected chi connectivity index (χ0v) is 9.48. The summed E-state index contributed by atoms with van der Waals surface area (Å²) < 4.78 is 4.47. The molecule has 0 bridgehead atoms. The number of thiocarbonyl (C=S) groups is 1. The Bertz CT molecular complexity index is 50.5. The molecule has 0 unspecified atom stereocenters. The van der Waals surface area contributed by atoms with Gasteiger partial charge in [0.25, 0.3) is 0 Å². The topological polar surface area (TPSA) is 72.2 Å². The van der Waals surface area contributed by atoms with Gasteiger partial charge in [-0.2, -0.15) is 0 Å². The minimum Gasteiger partial charge on any atom is -0.517 e. The SMILES string of the molecule is COC(=S)[S-].O.O.[K+]. The standard InChI is InChI=1S/C2H4OS2.K.2H2O/c1-3-2(4)5;;;/h1H3,(H,4,5);;2*1H2/q;+1;;/p-1. The largest absolute Gasteiger partial charge is 1.00 e. The summed E-state index contributed by atoms with van der Waals surface area (Å²) in [5.41, 5.74) is 0. The molecule has 0 amide bonds. The molecular weight excluding hydrogens is 175 g/mol. The average molecular weight is 182 g/mol. The Morgan fingerprint density at radius 3 is 1.62 bits per heavy atom. The van der Waals surface area contributed by atoms with Crippen LogP contribution >= 0.6 is 12.2 Å². The zero-order valence-electron chi connectivity index (χ0n) is 4.72. The zero-order chi connectivity index (χ0) is 4.28. The molecule has 0 aromatic carbocycles. The minimum atomic E-state index is 0. The van der Waals surface area contributed by atoms with Gasteiger partial charge >= 0.3 is 51.4 Å². The summed E-state index contributed by atoms with van der Waals surface area (Å²) in [5.74, 6) is 0. The summed E-state index contributed by atoms with van der Waals surface area (Å²) in [6, 6.07) is 0. The van der Waals surface area contributed by atoms with E-state index < -0.39 is 0 Å². The Balaban J connectivity index is -0.0000000267. The second-order valence-electron chi connectivity index (χ2n) is 0.454. The molecule has 0 atom stereocenters. The van der Waals surface area contributed by atoms with E-state index in [0.29, 0.717) is 0 Å². The van der Waals surface area contributed by atoms with Crippen molar-refractivity contribution >= 4 is 29.2 Å². The molecule has 0 spiro atoms. The summed E-state index contributed by atoms with van der Waals surface area (Å²) in [6.07, 6.45) is 0. The van der Waals surface area contributed by atoms with Gasteiger partial charge in [0.05, 0.1) is 7.11 Å². The fourth-order valence-corrected chi connectivity index (χ4v) is 0. The Morgan fingerprint density at radius 2 is 1.62 bits per heavy atom. The van der Waals surface area contributed by atoms with Crippen LogP contribution in [0, 0.1) is 0 Å². The summed E-state index contributed by atoms with van der Waals surface area (Å²) in [4.78, 5) is 0. The predicted octanol–water partition coefficient (Wildman–Crippen LogP) is -4.18. The normalized spacial score (nSPS) is 4.12. The molecule has 0 aliphatic heterocycles. The van der Waals surface area contributed by atoms with Crippen LogP contribution in [0.3, 0.4) is 0 Å². The first-order chi connectivity index (χ1) is 2.27. The van der Waals surface area contributed by atoms with Gasteiger partial charge in [0.1, 0.15) is 0 Å². The molecular formula is C2H7KO3S2. The van der Waals surface area contributed by atoms with Crippen molar-refractivity contribution in [3.63, 3.8) is 0 Å². The van der Waals surface area contributed by atoms with Crippen molar-refractivity contribution in [3.05, 3.63) is 0 Å². The molecule has 4 N–H and O–H groups in total. The molecule has 0 radical (unpaired) electrons. The van der Waals surface area contributed by atoms with E-state index in [4.69, 9.17) is 0 Å². The van der Waals surface area contributed by atoms with Gasteiger partial charge in [0, 0.05) is 4.38 Å². The first-order valence-corrected chi connectivity index (χ1v) is 1.84. The number of hydrogen-bond donors (Lipinski definition) is 0. The maximum Gasteiger partial charge on any atom is 1.00 e. The molecule has 0 aliphatic carbocycles. The molecule has 3 nitrogen and oxygen atoms in total. The van der Waals surface area contributed by atoms with Gasteiger partial charge < -0.3 is 40.5 Å². The van der Waals surface area contributed by atoms with Crippen molar-refractivity contribution in [1.29, 1.82) is 0 Å². The maximum atomic E-state index is 4.30. The van der Waals surface area contributed by atoms with Gasteiger partial charge in [-0.25, -0.2) is 0 Å². The molecule has 0 aromatic rings. The van der Waals surface area contributed by atoms with Crippen molar-refractivity contribution < 1.29 is 67.1 Å². The fraction of sp³-hybridized carbons (Fsp3) is 0.500. The van der Waals surface area contributed by atoms with E-state index in [1.54, 1.807) is 0 Å². The van der Waals surface area contributed by atoms with E-state index in [0.717, 1.165) is 0 Å². The number of rotatable bonds is 0. The third-order valence-corrected chi connectivity index (χ3v) is 0.500. The predicted molar refractivity (Wildman–Crippen MR) is 34.2 cm³/mol. The van der Waals surface area contributed by atoms with E-state index in [-0.39, 0.29) is 66.7 Å². The molecule has 0 aliphatic rings. The van der Waals surface area contributed by atoms with E-state index in [1.165, 1.54) is 7.11 Å². The molecule has 0 heterocycles. The molecule has 0 saturated heterocycles. The Hall–Kier alpha value is 1.67. The van der Waals surface area contributed by atoms with Crippen molar-refractivity contribution in [2.75, 3.05) is 7.11 Å². The second-order valence-corrected chi connectivity index (χ2v) is 1.45. The summed E-state index contributed by atoms with van der Waals surface area (Å²) in [6.45, 7) is 0. The van der Waals surface area contributed by atoms with Crippen molar-refractivity contribution in [2.24, 2.45) is 0 Å². The molecule has 0 fully saturated rings. The van der Waals surface area contributed by atoms with Crippen molar-refractivity contribution in [2.45, 2.75) is 0 Å². The molecule has 0 saturated carbocycles. The minimum absolute atomic E-state index is 0. The van der Waals surface area contributed by atoms with E-state index in [9.17, 15) is 0 Å². The van der Waals surface area contributed by atoms with Crippen LogP contribution in [0.15, 0.2) is 0 Å². The third kappa shape index (κ3) is 25.3. The first-order valence-electron chi connectivity index (χ1n) is 1.02. The van der Waals surface area contributed by atoms with Gasteiger partial charge in [-0.3, -0.25) is 0 Å². The van der Waals surface area contributed by atoms with Gasteiger partial charge in [-0.05, 0) is 0 Å². The third-order valence-electron chi connectivity index (χ3n) is 0.167. The maximum absolute atomic E-state index is 4.30. The molecule has 46 valence electrons. The van der Waals surface area contributed by atoms with Crippen molar-refractivity contribution in [3.8, 4) is 0 Å². The Kier molecular flexibility index (Phi) is 44.8. The van der Waals surface area contributed by atoms with Gasteiger partial charge in [0.2, 0.25) is 0 Å². The second kappa shape index (κ2) is 15.9. The number of ether oxygens (including phenoxy) is 1. The van der Waals surface area contributed by atoms with Crippen LogP contribution in [0.5, 0.6) is 0 Å². The average Bonchev–Trinajstić information content (AvgIpc) is 1.38. The van der Waals surface area contributed by atoms with Gasteiger partial charge in [0.15, 0.2) is 0 Å². The summed E-state index contributed by atoms with van der Waals surface area (Å²) in [7, 11) is 1.45. The summed E-state index contributed by atoms with van der Waals surface area (Å²) >= 11 is 8.58. The van der Waals surface area contributed by atoms with Crippen LogP contribution in [-0.4, -0.2) is 22.4 Å². The molecule has 8 heavy (non-hydrogen) atoms. The monoisotopic (exact) mass is 182 g/mol. The van der Waals surface area contributed by atoms with Crippen molar-refractivity contribution in [1.82, 2.24) is 0 Å². The smallest absolute Gasteiger partial charge is 0.517 e. The van der Waals surface area contributed by atoms with Crippen LogP contribution in [-0.2, 0) is 17.4 Å². The molecule has 6 heteroatoms. The van der Waals surface area contributed by atoms with Crippen LogP contribution in [0.25, 0.3) is 0 Å². The van der Waals surface area contributed by atoms with E-state index in [1.807, 2.05) is 0 Å². The molecule has 0 rings (SSSR count). The number of hydrogen-bond acceptors (Lipinski definition) is 3. The van der Waals surface area contributed by atoms with Gasteiger partial charge in [-0.15, -0.1) is 0 Å². The van der Waals surface area contributed by atoms with Gasteiger partial charge in [-0.1, -0.05) is 0 Å².